The normalized spacial score (nSPS) is 16.4. The van der Waals surface area contributed by atoms with Crippen molar-refractivity contribution in [3.05, 3.63) is 51.7 Å². The van der Waals surface area contributed by atoms with Crippen molar-refractivity contribution in [2.75, 3.05) is 20.1 Å². The molecule has 0 bridgehead atoms. The third-order valence-corrected chi connectivity index (χ3v) is 8.02. The Hall–Kier alpha value is -1.70. The van der Waals surface area contributed by atoms with Crippen LogP contribution in [0.1, 0.15) is 28.8 Å². The molecule has 1 amide bonds. The first kappa shape index (κ1) is 20.0. The SMILES string of the molecule is Cc1ccc(S(=O)(=O)N2CCC(C(=O)N(C)Cc3cccs3)CC2)c(C)c1. The predicted molar refractivity (Wildman–Crippen MR) is 108 cm³/mol. The highest BCUT2D eigenvalue weighted by molar-refractivity contribution is 7.89. The maximum Gasteiger partial charge on any atom is 0.243 e. The van der Waals surface area contributed by atoms with E-state index < -0.39 is 10.0 Å². The van der Waals surface area contributed by atoms with Crippen molar-refractivity contribution < 1.29 is 13.2 Å². The van der Waals surface area contributed by atoms with Gasteiger partial charge in [0.25, 0.3) is 0 Å². The minimum atomic E-state index is -3.51. The van der Waals surface area contributed by atoms with Gasteiger partial charge >= 0.3 is 0 Å². The number of carbonyl (C=O) groups excluding carboxylic acids is 1. The fraction of sp³-hybridized carbons (Fsp3) is 0.450. The van der Waals surface area contributed by atoms with Gasteiger partial charge in [-0.15, -0.1) is 11.3 Å². The third-order valence-electron chi connectivity index (χ3n) is 5.10. The molecule has 7 heteroatoms. The van der Waals surface area contributed by atoms with Crippen LogP contribution in [0.25, 0.3) is 0 Å². The smallest absolute Gasteiger partial charge is 0.243 e. The molecule has 2 heterocycles. The summed E-state index contributed by atoms with van der Waals surface area (Å²) in [7, 11) is -1.69. The first-order valence-corrected chi connectivity index (χ1v) is 11.5. The molecule has 1 saturated heterocycles. The Morgan fingerprint density at radius 2 is 1.93 bits per heavy atom. The molecule has 0 saturated carbocycles. The van der Waals surface area contributed by atoms with Crippen LogP contribution >= 0.6 is 11.3 Å². The van der Waals surface area contributed by atoms with Gasteiger partial charge in [0.05, 0.1) is 11.4 Å². The number of benzene rings is 1. The van der Waals surface area contributed by atoms with Crippen molar-refractivity contribution in [3.63, 3.8) is 0 Å². The van der Waals surface area contributed by atoms with E-state index in [1.807, 2.05) is 50.5 Å². The summed E-state index contributed by atoms with van der Waals surface area (Å²) in [6, 6.07) is 9.41. The second-order valence-corrected chi connectivity index (χ2v) is 10.2. The molecule has 1 aromatic heterocycles. The van der Waals surface area contributed by atoms with E-state index in [9.17, 15) is 13.2 Å². The van der Waals surface area contributed by atoms with E-state index in [1.54, 1.807) is 22.3 Å². The Bertz CT molecular complexity index is 899. The van der Waals surface area contributed by atoms with E-state index in [0.29, 0.717) is 37.4 Å². The fourth-order valence-corrected chi connectivity index (χ4v) is 6.03. The van der Waals surface area contributed by atoms with Gasteiger partial charge in [-0.2, -0.15) is 4.31 Å². The summed E-state index contributed by atoms with van der Waals surface area (Å²) in [5.74, 6) is -0.00695. The zero-order valence-electron chi connectivity index (χ0n) is 16.0. The molecule has 0 aliphatic carbocycles. The number of aryl methyl sites for hydroxylation is 2. The van der Waals surface area contributed by atoms with E-state index in [4.69, 9.17) is 0 Å². The number of piperidine rings is 1. The molecule has 0 radical (unpaired) electrons. The predicted octanol–water partition coefficient (Wildman–Crippen LogP) is 3.42. The summed E-state index contributed by atoms with van der Waals surface area (Å²) in [5, 5.41) is 2.00. The van der Waals surface area contributed by atoms with Gasteiger partial charge in [-0.05, 0) is 49.8 Å². The minimum Gasteiger partial charge on any atom is -0.340 e. The van der Waals surface area contributed by atoms with Crippen molar-refractivity contribution in [1.82, 2.24) is 9.21 Å². The van der Waals surface area contributed by atoms with Gasteiger partial charge in [-0.25, -0.2) is 8.42 Å². The number of hydrogen-bond donors (Lipinski definition) is 0. The molecule has 1 fully saturated rings. The Balaban J connectivity index is 1.63. The summed E-state index contributed by atoms with van der Waals surface area (Å²) in [6.07, 6.45) is 1.13. The van der Waals surface area contributed by atoms with Gasteiger partial charge in [0.15, 0.2) is 0 Å². The molecule has 0 spiro atoms. The highest BCUT2D eigenvalue weighted by Gasteiger charge is 2.33. The lowest BCUT2D eigenvalue weighted by Gasteiger charge is -2.32. The van der Waals surface area contributed by atoms with E-state index in [1.165, 1.54) is 4.31 Å². The summed E-state index contributed by atoms with van der Waals surface area (Å²) < 4.78 is 27.5. The van der Waals surface area contributed by atoms with Crippen LogP contribution in [0, 0.1) is 19.8 Å². The Kier molecular flexibility index (Phi) is 6.03. The van der Waals surface area contributed by atoms with E-state index >= 15 is 0 Å². The number of thiophene rings is 1. The van der Waals surface area contributed by atoms with Gasteiger partial charge in [-0.1, -0.05) is 23.8 Å². The van der Waals surface area contributed by atoms with Gasteiger partial charge in [0.1, 0.15) is 0 Å². The average molecular weight is 407 g/mol. The lowest BCUT2D eigenvalue weighted by atomic mass is 9.96. The summed E-state index contributed by atoms with van der Waals surface area (Å²) in [6.45, 7) is 5.16. The number of hydrogen-bond acceptors (Lipinski definition) is 4. The van der Waals surface area contributed by atoms with Crippen molar-refractivity contribution in [2.45, 2.75) is 38.1 Å². The number of rotatable bonds is 5. The highest BCUT2D eigenvalue weighted by atomic mass is 32.2. The van der Waals surface area contributed by atoms with Crippen LogP contribution in [0.4, 0.5) is 0 Å². The average Bonchev–Trinajstić information content (AvgIpc) is 3.14. The van der Waals surface area contributed by atoms with Crippen LogP contribution in [-0.4, -0.2) is 43.7 Å². The molecule has 5 nitrogen and oxygen atoms in total. The van der Waals surface area contributed by atoms with Gasteiger partial charge in [0.2, 0.25) is 15.9 Å². The second-order valence-electron chi connectivity index (χ2n) is 7.22. The lowest BCUT2D eigenvalue weighted by molar-refractivity contribution is -0.135. The zero-order valence-corrected chi connectivity index (χ0v) is 17.6. The van der Waals surface area contributed by atoms with Gasteiger partial charge in [0, 0.05) is 30.9 Å². The fourth-order valence-electron chi connectivity index (χ4n) is 3.60. The molecule has 146 valence electrons. The largest absolute Gasteiger partial charge is 0.340 e. The maximum absolute atomic E-state index is 13.0. The second kappa shape index (κ2) is 8.12. The lowest BCUT2D eigenvalue weighted by Crippen LogP contribution is -2.43. The topological polar surface area (TPSA) is 57.7 Å². The minimum absolute atomic E-state index is 0.104. The molecule has 0 N–H and O–H groups in total. The molecule has 3 rings (SSSR count). The number of amides is 1. The molecule has 1 aliphatic rings. The Morgan fingerprint density at radius 1 is 1.22 bits per heavy atom. The molecule has 0 atom stereocenters. The molecule has 2 aromatic rings. The monoisotopic (exact) mass is 406 g/mol. The third kappa shape index (κ3) is 4.42. The molecule has 0 unspecified atom stereocenters. The van der Waals surface area contributed by atoms with Crippen LogP contribution < -0.4 is 0 Å². The summed E-state index contributed by atoms with van der Waals surface area (Å²) in [4.78, 5) is 16.0. The highest BCUT2D eigenvalue weighted by Crippen LogP contribution is 2.27. The van der Waals surface area contributed by atoms with Crippen LogP contribution in [0.15, 0.2) is 40.6 Å². The van der Waals surface area contributed by atoms with Gasteiger partial charge in [-0.3, -0.25) is 4.79 Å². The Morgan fingerprint density at radius 3 is 2.52 bits per heavy atom. The molecular weight excluding hydrogens is 380 g/mol. The van der Waals surface area contributed by atoms with Crippen molar-refractivity contribution in [1.29, 1.82) is 0 Å². The summed E-state index contributed by atoms with van der Waals surface area (Å²) in [5.41, 5.74) is 1.81. The van der Waals surface area contributed by atoms with Crippen molar-refractivity contribution >= 4 is 27.3 Å². The summed E-state index contributed by atoms with van der Waals surface area (Å²) >= 11 is 1.64. The van der Waals surface area contributed by atoms with E-state index in [-0.39, 0.29) is 11.8 Å². The quantitative estimate of drug-likeness (QED) is 0.764. The first-order valence-electron chi connectivity index (χ1n) is 9.14. The van der Waals surface area contributed by atoms with E-state index in [0.717, 1.165) is 16.0 Å². The standard InChI is InChI=1S/C20H26N2O3S2/c1-15-6-7-19(16(2)13-15)27(24,25)22-10-8-17(9-11-22)20(23)21(3)14-18-5-4-12-26-18/h4-7,12-13,17H,8-11,14H2,1-3H3. The van der Waals surface area contributed by atoms with Crippen molar-refractivity contribution in [2.24, 2.45) is 5.92 Å². The van der Waals surface area contributed by atoms with Crippen LogP contribution in [0.5, 0.6) is 0 Å². The number of sulfonamides is 1. The molecule has 27 heavy (non-hydrogen) atoms. The van der Waals surface area contributed by atoms with Crippen LogP contribution in [-0.2, 0) is 21.4 Å². The van der Waals surface area contributed by atoms with Crippen molar-refractivity contribution in [3.8, 4) is 0 Å². The molecule has 1 aromatic carbocycles. The maximum atomic E-state index is 13.0. The number of nitrogens with zero attached hydrogens (tertiary/aromatic N) is 2. The first-order chi connectivity index (χ1) is 12.8. The van der Waals surface area contributed by atoms with Crippen LogP contribution in [0.3, 0.4) is 0 Å². The van der Waals surface area contributed by atoms with E-state index in [2.05, 4.69) is 0 Å². The molecular formula is C20H26N2O3S2. The zero-order chi connectivity index (χ0) is 19.6. The van der Waals surface area contributed by atoms with Crippen LogP contribution in [0.2, 0.25) is 0 Å². The van der Waals surface area contributed by atoms with Gasteiger partial charge < -0.3 is 4.90 Å². The Labute approximate surface area is 165 Å². The molecule has 1 aliphatic heterocycles. The number of carbonyl (C=O) groups is 1.